The van der Waals surface area contributed by atoms with E-state index in [1.807, 2.05) is 24.3 Å². The highest BCUT2D eigenvalue weighted by molar-refractivity contribution is 8.40. The van der Waals surface area contributed by atoms with E-state index in [4.69, 9.17) is 0 Å². The quantitative estimate of drug-likeness (QED) is 0.115. The Morgan fingerprint density at radius 2 is 1.20 bits per heavy atom. The molecule has 0 aliphatic heterocycles. The summed E-state index contributed by atoms with van der Waals surface area (Å²) in [7, 11) is -3.95. The van der Waals surface area contributed by atoms with Gasteiger partial charge in [0.25, 0.3) is 0 Å². The van der Waals surface area contributed by atoms with Gasteiger partial charge in [-0.25, -0.2) is 4.39 Å². The van der Waals surface area contributed by atoms with Gasteiger partial charge in [-0.2, -0.15) is 0 Å². The van der Waals surface area contributed by atoms with Gasteiger partial charge in [0, 0.05) is 45.8 Å². The molecule has 1 aromatic heterocycles. The molecule has 1 nitrogen and oxygen atoms in total. The lowest BCUT2D eigenvalue weighted by atomic mass is 10.0. The molecular weight excluding hydrogens is 758 g/mol. The predicted molar refractivity (Wildman–Crippen MR) is 253 cm³/mol. The standard InChI is InChI=1S/C55H48FNS2/c1-4-19-44(5-2)58(45-21-10-6-11-22-45,46-23-12-7-13-24-46)50-34-36-54-52(39-50)53-40-51(35-37-55(53)57(54)43-32-30-42(56)31-33-43)59(47-25-14-8-15-26-47,48-27-16-9-17-28-48)49-29-18-20-41(3)38-49/h4-8,10-16,18-19,21-41H,1-2,9,17,20H2,3H3/b44-19+. The zero-order valence-corrected chi connectivity index (χ0v) is 35.0. The molecule has 2 atom stereocenters. The fourth-order valence-corrected chi connectivity index (χ4v) is 17.0. The summed E-state index contributed by atoms with van der Waals surface area (Å²) < 4.78 is 16.8. The van der Waals surface area contributed by atoms with Crippen LogP contribution in [0.4, 0.5) is 4.39 Å². The van der Waals surface area contributed by atoms with Gasteiger partial charge in [0.05, 0.1) is 11.0 Å². The molecule has 9 rings (SSSR count). The third kappa shape index (κ3) is 6.52. The first-order valence-electron chi connectivity index (χ1n) is 20.4. The van der Waals surface area contributed by atoms with E-state index in [1.54, 1.807) is 12.1 Å². The number of hydrogen-bond donors (Lipinski definition) is 0. The van der Waals surface area contributed by atoms with Crippen LogP contribution in [0.15, 0.2) is 259 Å². The normalized spacial score (nSPS) is 17.5. The molecule has 1 heterocycles. The van der Waals surface area contributed by atoms with Crippen LogP contribution in [0.1, 0.15) is 26.2 Å². The second-order valence-electron chi connectivity index (χ2n) is 15.1. The minimum Gasteiger partial charge on any atom is -0.309 e. The van der Waals surface area contributed by atoms with E-state index in [9.17, 15) is 4.39 Å². The number of hydrogen-bond acceptors (Lipinski definition) is 0. The highest BCUT2D eigenvalue weighted by atomic mass is 32.3. The zero-order chi connectivity index (χ0) is 40.4. The summed E-state index contributed by atoms with van der Waals surface area (Å²) in [5.41, 5.74) is 3.06. The fourth-order valence-electron chi connectivity index (χ4n) is 8.97. The topological polar surface area (TPSA) is 4.93 Å². The van der Waals surface area contributed by atoms with Crippen LogP contribution >= 0.6 is 20.1 Å². The molecule has 7 aromatic rings. The molecule has 0 saturated heterocycles. The van der Waals surface area contributed by atoms with Crippen LogP contribution in [0, 0.1) is 11.7 Å². The van der Waals surface area contributed by atoms with Gasteiger partial charge in [-0.05, 0) is 138 Å². The van der Waals surface area contributed by atoms with Gasteiger partial charge < -0.3 is 4.57 Å². The van der Waals surface area contributed by atoms with Gasteiger partial charge in [0.1, 0.15) is 5.82 Å². The van der Waals surface area contributed by atoms with E-state index in [1.165, 1.54) is 34.3 Å². The van der Waals surface area contributed by atoms with Crippen LogP contribution in [0.5, 0.6) is 0 Å². The van der Waals surface area contributed by atoms with Crippen LogP contribution in [0.3, 0.4) is 0 Å². The van der Waals surface area contributed by atoms with Crippen molar-refractivity contribution < 1.29 is 4.39 Å². The predicted octanol–water partition coefficient (Wildman–Crippen LogP) is 16.4. The first-order valence-corrected chi connectivity index (χ1v) is 23.6. The number of halogens is 1. The lowest BCUT2D eigenvalue weighted by Crippen LogP contribution is -2.11. The Morgan fingerprint density at radius 3 is 1.76 bits per heavy atom. The van der Waals surface area contributed by atoms with E-state index < -0.39 is 20.1 Å². The Kier molecular flexibility index (Phi) is 10.6. The van der Waals surface area contributed by atoms with Gasteiger partial charge >= 0.3 is 0 Å². The molecule has 0 N–H and O–H groups in total. The van der Waals surface area contributed by atoms with Crippen molar-refractivity contribution in [1.82, 2.24) is 4.57 Å². The van der Waals surface area contributed by atoms with E-state index in [0.29, 0.717) is 5.92 Å². The van der Waals surface area contributed by atoms with Crippen molar-refractivity contribution in [2.45, 2.75) is 50.7 Å². The van der Waals surface area contributed by atoms with Gasteiger partial charge in [0.2, 0.25) is 0 Å². The van der Waals surface area contributed by atoms with Gasteiger partial charge in [-0.3, -0.25) is 0 Å². The number of rotatable bonds is 11. The molecule has 0 spiro atoms. The molecule has 0 amide bonds. The number of allylic oxidation sites excluding steroid dienone is 9. The monoisotopic (exact) mass is 805 g/mol. The highest BCUT2D eigenvalue weighted by Crippen LogP contribution is 2.76. The van der Waals surface area contributed by atoms with Crippen molar-refractivity contribution in [2.24, 2.45) is 5.92 Å². The second-order valence-corrected chi connectivity index (χ2v) is 21.3. The summed E-state index contributed by atoms with van der Waals surface area (Å²) in [5, 5.41) is 2.30. The number of benzene rings is 6. The van der Waals surface area contributed by atoms with E-state index in [0.717, 1.165) is 51.7 Å². The fraction of sp³-hybridized carbons (Fsp3) is 0.0909. The summed E-state index contributed by atoms with van der Waals surface area (Å²) >= 11 is 0. The Bertz CT molecular complexity index is 2800. The molecule has 292 valence electrons. The highest BCUT2D eigenvalue weighted by Gasteiger charge is 2.38. The molecule has 0 radical (unpaired) electrons. The van der Waals surface area contributed by atoms with Crippen molar-refractivity contribution in [3.63, 3.8) is 0 Å². The summed E-state index contributed by atoms with van der Waals surface area (Å²) in [4.78, 5) is 10.1. The van der Waals surface area contributed by atoms with Gasteiger partial charge in [-0.15, -0.1) is 20.1 Å². The zero-order valence-electron chi connectivity index (χ0n) is 33.4. The number of aromatic nitrogens is 1. The van der Waals surface area contributed by atoms with Crippen LogP contribution in [0.2, 0.25) is 0 Å². The molecule has 2 aliphatic carbocycles. The molecule has 2 aliphatic rings. The van der Waals surface area contributed by atoms with Crippen molar-refractivity contribution in [3.05, 3.63) is 240 Å². The van der Waals surface area contributed by atoms with E-state index in [2.05, 4.69) is 195 Å². The van der Waals surface area contributed by atoms with Crippen molar-refractivity contribution >= 4 is 41.9 Å². The summed E-state index contributed by atoms with van der Waals surface area (Å²) in [6.07, 6.45) is 23.6. The van der Waals surface area contributed by atoms with Gasteiger partial charge in [0.15, 0.2) is 0 Å². The summed E-state index contributed by atoms with van der Waals surface area (Å²) in [5.74, 6) is 0.178. The molecule has 4 heteroatoms. The second kappa shape index (κ2) is 16.3. The SMILES string of the molecule is C=C/C=C(\C=C)S(c1ccccc1)(c1ccccc1)c1ccc2c(c1)c1cc(S(C3=CCCC=C3)(C3=CC(C)CC=C3)c3ccccc3)ccc1n2-c1ccc(F)cc1. The Hall–Kier alpha value is -6.07. The maximum absolute atomic E-state index is 14.5. The van der Waals surface area contributed by atoms with Crippen molar-refractivity contribution in [2.75, 3.05) is 0 Å². The first-order chi connectivity index (χ1) is 29.0. The molecule has 0 fully saturated rings. The Balaban J connectivity index is 1.42. The number of nitrogens with zero attached hydrogens (tertiary/aromatic N) is 1. The Labute approximate surface area is 351 Å². The minimum atomic E-state index is -2.05. The lowest BCUT2D eigenvalue weighted by Gasteiger charge is -2.45. The third-order valence-corrected chi connectivity index (χ3v) is 19.4. The molecular formula is C55H48FNS2. The summed E-state index contributed by atoms with van der Waals surface area (Å²) in [6.45, 7) is 10.9. The van der Waals surface area contributed by atoms with Crippen LogP contribution in [-0.4, -0.2) is 4.57 Å². The average Bonchev–Trinajstić information content (AvgIpc) is 3.61. The van der Waals surface area contributed by atoms with Crippen molar-refractivity contribution in [3.8, 4) is 5.69 Å². The largest absolute Gasteiger partial charge is 0.309 e. The third-order valence-electron chi connectivity index (χ3n) is 11.5. The maximum Gasteiger partial charge on any atom is 0.123 e. The van der Waals surface area contributed by atoms with E-state index in [-0.39, 0.29) is 5.82 Å². The van der Waals surface area contributed by atoms with Crippen LogP contribution in [-0.2, 0) is 0 Å². The summed E-state index contributed by atoms with van der Waals surface area (Å²) in [6, 6.07) is 53.9. The molecule has 2 unspecified atom stereocenters. The Morgan fingerprint density at radius 1 is 0.627 bits per heavy atom. The molecule has 6 aromatic carbocycles. The average molecular weight is 806 g/mol. The van der Waals surface area contributed by atoms with Crippen molar-refractivity contribution in [1.29, 1.82) is 0 Å². The van der Waals surface area contributed by atoms with Crippen LogP contribution in [0.25, 0.3) is 27.5 Å². The lowest BCUT2D eigenvalue weighted by molar-refractivity contribution is 0.627. The smallest absolute Gasteiger partial charge is 0.123 e. The minimum absolute atomic E-state index is 0.253. The maximum atomic E-state index is 14.5. The molecule has 0 bridgehead atoms. The van der Waals surface area contributed by atoms with E-state index >= 15 is 0 Å². The molecule has 0 saturated carbocycles. The number of fused-ring (bicyclic) bond motifs is 3. The molecule has 59 heavy (non-hydrogen) atoms. The van der Waals surface area contributed by atoms with Crippen LogP contribution < -0.4 is 0 Å². The van der Waals surface area contributed by atoms with Gasteiger partial charge in [-0.1, -0.05) is 123 Å². The first kappa shape index (κ1) is 38.4.